The highest BCUT2D eigenvalue weighted by molar-refractivity contribution is 7.80. The lowest BCUT2D eigenvalue weighted by atomic mass is 10.0. The van der Waals surface area contributed by atoms with Crippen molar-refractivity contribution in [1.82, 2.24) is 10.2 Å². The standard InChI is InChI=1S/C14H19FN2OS/c1-2-17(11-5-7-16-8-6-11)14(18)10-3-4-12(15)13(19)9-10/h3-4,9,11,16,19H,2,5-8H2,1H3. The first-order valence-electron chi connectivity index (χ1n) is 6.63. The summed E-state index contributed by atoms with van der Waals surface area (Å²) in [6.07, 6.45) is 1.93. The fraction of sp³-hybridized carbons (Fsp3) is 0.500. The number of carbonyl (C=O) groups is 1. The van der Waals surface area contributed by atoms with Gasteiger partial charge in [0, 0.05) is 23.0 Å². The maximum atomic E-state index is 13.2. The Kier molecular flexibility index (Phi) is 4.82. The molecule has 1 heterocycles. The summed E-state index contributed by atoms with van der Waals surface area (Å²) in [4.78, 5) is 14.6. The fourth-order valence-electron chi connectivity index (χ4n) is 2.50. The Morgan fingerprint density at radius 1 is 1.47 bits per heavy atom. The number of nitrogens with zero attached hydrogens (tertiary/aromatic N) is 1. The van der Waals surface area contributed by atoms with E-state index in [2.05, 4.69) is 17.9 Å². The van der Waals surface area contributed by atoms with Gasteiger partial charge in [-0.15, -0.1) is 12.6 Å². The molecule has 3 nitrogen and oxygen atoms in total. The molecular formula is C14H19FN2OS. The van der Waals surface area contributed by atoms with Crippen LogP contribution in [0.1, 0.15) is 30.1 Å². The number of halogens is 1. The van der Waals surface area contributed by atoms with Crippen LogP contribution in [0, 0.1) is 5.82 Å². The first kappa shape index (κ1) is 14.3. The quantitative estimate of drug-likeness (QED) is 0.834. The maximum absolute atomic E-state index is 13.2. The molecule has 1 aliphatic rings. The maximum Gasteiger partial charge on any atom is 0.254 e. The van der Waals surface area contributed by atoms with Gasteiger partial charge in [-0.3, -0.25) is 4.79 Å². The average molecular weight is 282 g/mol. The molecule has 0 unspecified atom stereocenters. The monoisotopic (exact) mass is 282 g/mol. The first-order valence-corrected chi connectivity index (χ1v) is 7.08. The molecule has 1 saturated heterocycles. The summed E-state index contributed by atoms with van der Waals surface area (Å²) < 4.78 is 13.2. The molecule has 5 heteroatoms. The number of hydrogen-bond donors (Lipinski definition) is 2. The Balaban J connectivity index is 2.17. The van der Waals surface area contributed by atoms with E-state index >= 15 is 0 Å². The van der Waals surface area contributed by atoms with E-state index in [9.17, 15) is 9.18 Å². The van der Waals surface area contributed by atoms with Gasteiger partial charge in [-0.05, 0) is 51.1 Å². The number of carbonyl (C=O) groups excluding carboxylic acids is 1. The van der Waals surface area contributed by atoms with Crippen LogP contribution in [0.15, 0.2) is 23.1 Å². The second kappa shape index (κ2) is 6.39. The SMILES string of the molecule is CCN(C(=O)c1ccc(F)c(S)c1)C1CCNCC1. The number of hydrogen-bond acceptors (Lipinski definition) is 3. The van der Waals surface area contributed by atoms with Crippen molar-refractivity contribution in [1.29, 1.82) is 0 Å². The molecular weight excluding hydrogens is 263 g/mol. The molecule has 104 valence electrons. The number of piperidine rings is 1. The highest BCUT2D eigenvalue weighted by atomic mass is 32.1. The van der Waals surface area contributed by atoms with E-state index in [4.69, 9.17) is 0 Å². The van der Waals surface area contributed by atoms with Crippen molar-refractivity contribution in [2.75, 3.05) is 19.6 Å². The highest BCUT2D eigenvalue weighted by Crippen LogP contribution is 2.19. The lowest BCUT2D eigenvalue weighted by Crippen LogP contribution is -2.46. The minimum Gasteiger partial charge on any atom is -0.336 e. The summed E-state index contributed by atoms with van der Waals surface area (Å²) in [5.41, 5.74) is 0.506. The second-order valence-electron chi connectivity index (χ2n) is 4.74. The largest absolute Gasteiger partial charge is 0.336 e. The van der Waals surface area contributed by atoms with Gasteiger partial charge in [0.2, 0.25) is 0 Å². The number of benzene rings is 1. The smallest absolute Gasteiger partial charge is 0.254 e. The van der Waals surface area contributed by atoms with Crippen LogP contribution < -0.4 is 5.32 Å². The van der Waals surface area contributed by atoms with Crippen LogP contribution in [0.5, 0.6) is 0 Å². The van der Waals surface area contributed by atoms with E-state index in [0.29, 0.717) is 12.1 Å². The molecule has 1 N–H and O–H groups in total. The summed E-state index contributed by atoms with van der Waals surface area (Å²) in [5.74, 6) is -0.436. The normalized spacial score (nSPS) is 16.4. The molecule has 0 atom stereocenters. The summed E-state index contributed by atoms with van der Waals surface area (Å²) in [6, 6.07) is 4.60. The summed E-state index contributed by atoms with van der Waals surface area (Å²) in [7, 11) is 0. The van der Waals surface area contributed by atoms with Gasteiger partial charge in [0.1, 0.15) is 5.82 Å². The van der Waals surface area contributed by atoms with E-state index in [0.717, 1.165) is 25.9 Å². The average Bonchev–Trinajstić information content (AvgIpc) is 2.44. The van der Waals surface area contributed by atoms with Crippen molar-refractivity contribution >= 4 is 18.5 Å². The van der Waals surface area contributed by atoms with Gasteiger partial charge < -0.3 is 10.2 Å². The Labute approximate surface area is 118 Å². The highest BCUT2D eigenvalue weighted by Gasteiger charge is 2.25. The Morgan fingerprint density at radius 3 is 2.74 bits per heavy atom. The Morgan fingerprint density at radius 2 is 2.16 bits per heavy atom. The Bertz CT molecular complexity index is 461. The van der Waals surface area contributed by atoms with E-state index in [-0.39, 0.29) is 16.8 Å². The van der Waals surface area contributed by atoms with Crippen molar-refractivity contribution in [3.8, 4) is 0 Å². The second-order valence-corrected chi connectivity index (χ2v) is 5.22. The van der Waals surface area contributed by atoms with Crippen LogP contribution >= 0.6 is 12.6 Å². The third-order valence-electron chi connectivity index (χ3n) is 3.54. The number of nitrogens with one attached hydrogen (secondary N) is 1. The van der Waals surface area contributed by atoms with Gasteiger partial charge in [0.25, 0.3) is 5.91 Å². The van der Waals surface area contributed by atoms with Gasteiger partial charge in [-0.1, -0.05) is 0 Å². The molecule has 1 aromatic carbocycles. The molecule has 0 saturated carbocycles. The molecule has 19 heavy (non-hydrogen) atoms. The molecule has 1 aliphatic heterocycles. The summed E-state index contributed by atoms with van der Waals surface area (Å²) >= 11 is 4.03. The van der Waals surface area contributed by atoms with E-state index < -0.39 is 5.82 Å². The van der Waals surface area contributed by atoms with Gasteiger partial charge >= 0.3 is 0 Å². The molecule has 0 aromatic heterocycles. The molecule has 0 aliphatic carbocycles. The minimum absolute atomic E-state index is 0.0373. The minimum atomic E-state index is -0.398. The van der Waals surface area contributed by atoms with Crippen LogP contribution in [0.4, 0.5) is 4.39 Å². The fourth-order valence-corrected chi connectivity index (χ4v) is 2.71. The molecule has 2 rings (SSSR count). The molecule has 1 fully saturated rings. The van der Waals surface area contributed by atoms with Crippen molar-refractivity contribution in [2.45, 2.75) is 30.7 Å². The topological polar surface area (TPSA) is 32.3 Å². The van der Waals surface area contributed by atoms with Crippen molar-refractivity contribution in [3.63, 3.8) is 0 Å². The van der Waals surface area contributed by atoms with Crippen LogP contribution in [0.3, 0.4) is 0 Å². The van der Waals surface area contributed by atoms with Crippen molar-refractivity contribution < 1.29 is 9.18 Å². The first-order chi connectivity index (χ1) is 9.13. The molecule has 0 bridgehead atoms. The zero-order valence-electron chi connectivity index (χ0n) is 11.0. The third kappa shape index (κ3) is 3.28. The zero-order valence-corrected chi connectivity index (χ0v) is 11.9. The third-order valence-corrected chi connectivity index (χ3v) is 3.89. The molecule has 0 spiro atoms. The summed E-state index contributed by atoms with van der Waals surface area (Å²) in [6.45, 7) is 4.53. The van der Waals surface area contributed by atoms with Crippen LogP contribution in [-0.4, -0.2) is 36.5 Å². The van der Waals surface area contributed by atoms with Crippen molar-refractivity contribution in [2.24, 2.45) is 0 Å². The van der Waals surface area contributed by atoms with Gasteiger partial charge in [-0.2, -0.15) is 0 Å². The van der Waals surface area contributed by atoms with Crippen LogP contribution in [0.2, 0.25) is 0 Å². The van der Waals surface area contributed by atoms with Crippen molar-refractivity contribution in [3.05, 3.63) is 29.6 Å². The number of thiol groups is 1. The van der Waals surface area contributed by atoms with Crippen LogP contribution in [-0.2, 0) is 0 Å². The Hall–Kier alpha value is -1.07. The van der Waals surface area contributed by atoms with Gasteiger partial charge in [0.15, 0.2) is 0 Å². The molecule has 1 amide bonds. The molecule has 0 radical (unpaired) electrons. The number of rotatable bonds is 3. The van der Waals surface area contributed by atoms with E-state index in [1.54, 1.807) is 0 Å². The lowest BCUT2D eigenvalue weighted by Gasteiger charge is -2.34. The predicted octanol–water partition coefficient (Wildman–Crippen LogP) is 2.33. The van der Waals surface area contributed by atoms with E-state index in [1.807, 2.05) is 11.8 Å². The van der Waals surface area contributed by atoms with Gasteiger partial charge in [0.05, 0.1) is 0 Å². The van der Waals surface area contributed by atoms with Gasteiger partial charge in [-0.25, -0.2) is 4.39 Å². The predicted molar refractivity (Wildman–Crippen MR) is 76.3 cm³/mol. The zero-order chi connectivity index (χ0) is 13.8. The van der Waals surface area contributed by atoms with Crippen LogP contribution in [0.25, 0.3) is 0 Å². The van der Waals surface area contributed by atoms with E-state index in [1.165, 1.54) is 18.2 Å². The number of amides is 1. The molecule has 1 aromatic rings. The lowest BCUT2D eigenvalue weighted by molar-refractivity contribution is 0.0656. The summed E-state index contributed by atoms with van der Waals surface area (Å²) in [5, 5.41) is 3.29.